The minimum Gasteiger partial charge on any atom is -0.377 e. The van der Waals surface area contributed by atoms with Crippen LogP contribution in [0, 0.1) is 0 Å². The van der Waals surface area contributed by atoms with Crippen molar-refractivity contribution in [2.75, 3.05) is 32.1 Å². The molecule has 5 nitrogen and oxygen atoms in total. The largest absolute Gasteiger partial charge is 0.377 e. The zero-order chi connectivity index (χ0) is 20.4. The van der Waals surface area contributed by atoms with E-state index in [1.807, 2.05) is 49.3 Å². The minimum absolute atomic E-state index is 0.355. The highest BCUT2D eigenvalue weighted by Crippen LogP contribution is 2.30. The quantitative estimate of drug-likeness (QED) is 0.488. The van der Waals surface area contributed by atoms with Crippen LogP contribution in [0.15, 0.2) is 41.3 Å². The Morgan fingerprint density at radius 3 is 2.04 bits per heavy atom. The number of sulfonamides is 1. The van der Waals surface area contributed by atoms with E-state index in [9.17, 15) is 8.42 Å². The highest BCUT2D eigenvalue weighted by Gasteiger charge is 2.17. The number of anilines is 1. The van der Waals surface area contributed by atoms with Crippen molar-refractivity contribution in [1.82, 2.24) is 4.72 Å². The molecule has 0 amide bonds. The van der Waals surface area contributed by atoms with Crippen LogP contribution >= 0.6 is 0 Å². The molecule has 0 spiro atoms. The number of hydrogen-bond acceptors (Lipinski definition) is 4. The van der Waals surface area contributed by atoms with Gasteiger partial charge in [-0.1, -0.05) is 62.8 Å². The van der Waals surface area contributed by atoms with Gasteiger partial charge in [-0.05, 0) is 31.5 Å². The predicted molar refractivity (Wildman–Crippen MR) is 119 cm³/mol. The summed E-state index contributed by atoms with van der Waals surface area (Å²) < 4.78 is 28.4. The number of benzene rings is 2. The standard InChI is InChI=1S/C22H35N3O2S/c1-25(2)21-15-11-14-20-19(21)13-12-16-22(20)28(26,27)24-18-10-8-6-4-3-5-7-9-17-23/h11-16,24H,3-10,17-18,23H2,1-2H3. The third-order valence-electron chi connectivity index (χ3n) is 5.05. The van der Waals surface area contributed by atoms with Crippen LogP contribution in [0.1, 0.15) is 51.4 Å². The lowest BCUT2D eigenvalue weighted by Crippen LogP contribution is -2.25. The fourth-order valence-corrected chi connectivity index (χ4v) is 4.80. The summed E-state index contributed by atoms with van der Waals surface area (Å²) in [5.41, 5.74) is 6.51. The van der Waals surface area contributed by atoms with Crippen LogP contribution < -0.4 is 15.4 Å². The first-order valence-corrected chi connectivity index (χ1v) is 11.8. The fraction of sp³-hybridized carbons (Fsp3) is 0.545. The van der Waals surface area contributed by atoms with Crippen molar-refractivity contribution in [2.24, 2.45) is 5.73 Å². The van der Waals surface area contributed by atoms with Crippen molar-refractivity contribution in [2.45, 2.75) is 56.3 Å². The average molecular weight is 406 g/mol. The molecule has 28 heavy (non-hydrogen) atoms. The lowest BCUT2D eigenvalue weighted by Gasteiger charge is -2.17. The van der Waals surface area contributed by atoms with E-state index in [-0.39, 0.29) is 0 Å². The monoisotopic (exact) mass is 405 g/mol. The second-order valence-corrected chi connectivity index (χ2v) is 9.27. The summed E-state index contributed by atoms with van der Waals surface area (Å²) >= 11 is 0. The Balaban J connectivity index is 1.87. The molecule has 0 bridgehead atoms. The van der Waals surface area contributed by atoms with E-state index in [0.717, 1.165) is 48.7 Å². The Bertz CT molecular complexity index is 835. The first-order chi connectivity index (χ1) is 13.5. The molecular weight excluding hydrogens is 370 g/mol. The van der Waals surface area contributed by atoms with Gasteiger partial charge in [0.2, 0.25) is 10.0 Å². The van der Waals surface area contributed by atoms with Gasteiger partial charge in [-0.15, -0.1) is 0 Å². The van der Waals surface area contributed by atoms with E-state index in [4.69, 9.17) is 5.73 Å². The second-order valence-electron chi connectivity index (χ2n) is 7.54. The first kappa shape index (κ1) is 22.7. The molecule has 2 aromatic rings. The van der Waals surface area contributed by atoms with E-state index < -0.39 is 10.0 Å². The van der Waals surface area contributed by atoms with Gasteiger partial charge in [0.05, 0.1) is 4.90 Å². The Labute approximate surface area is 170 Å². The molecule has 0 heterocycles. The van der Waals surface area contributed by atoms with Crippen molar-refractivity contribution in [3.63, 3.8) is 0 Å². The topological polar surface area (TPSA) is 75.4 Å². The molecule has 0 aromatic heterocycles. The van der Waals surface area contributed by atoms with E-state index in [1.165, 1.54) is 25.7 Å². The molecule has 0 aliphatic heterocycles. The van der Waals surface area contributed by atoms with Gasteiger partial charge in [-0.2, -0.15) is 0 Å². The molecule has 2 aromatic carbocycles. The molecule has 0 aliphatic rings. The third kappa shape index (κ3) is 6.47. The van der Waals surface area contributed by atoms with Crippen LogP contribution in [0.4, 0.5) is 5.69 Å². The maximum atomic E-state index is 12.8. The Kier molecular flexibility index (Phi) is 9.22. The third-order valence-corrected chi connectivity index (χ3v) is 6.57. The molecule has 0 saturated heterocycles. The van der Waals surface area contributed by atoms with Gasteiger partial charge in [0, 0.05) is 37.1 Å². The van der Waals surface area contributed by atoms with Crippen LogP contribution in [0.25, 0.3) is 10.8 Å². The molecule has 2 rings (SSSR count). The number of rotatable bonds is 13. The van der Waals surface area contributed by atoms with Gasteiger partial charge in [-0.25, -0.2) is 13.1 Å². The summed E-state index contributed by atoms with van der Waals surface area (Å²) in [6.07, 6.45) is 9.13. The van der Waals surface area contributed by atoms with Crippen molar-refractivity contribution in [3.8, 4) is 0 Å². The van der Waals surface area contributed by atoms with Crippen LogP contribution in [0.5, 0.6) is 0 Å². The summed E-state index contributed by atoms with van der Waals surface area (Å²) in [6, 6.07) is 11.3. The molecule has 0 unspecified atom stereocenters. The number of nitrogens with two attached hydrogens (primary N) is 1. The van der Waals surface area contributed by atoms with Gasteiger partial charge in [0.1, 0.15) is 0 Å². The summed E-state index contributed by atoms with van der Waals surface area (Å²) in [6.45, 7) is 1.27. The molecule has 3 N–H and O–H groups in total. The lowest BCUT2D eigenvalue weighted by atomic mass is 10.1. The van der Waals surface area contributed by atoms with Crippen molar-refractivity contribution in [3.05, 3.63) is 36.4 Å². The number of hydrogen-bond donors (Lipinski definition) is 2. The number of unbranched alkanes of at least 4 members (excludes halogenated alkanes) is 7. The molecule has 0 aliphatic carbocycles. The van der Waals surface area contributed by atoms with Crippen molar-refractivity contribution in [1.29, 1.82) is 0 Å². The van der Waals surface area contributed by atoms with E-state index >= 15 is 0 Å². The van der Waals surface area contributed by atoms with Gasteiger partial charge in [0.15, 0.2) is 0 Å². The molecule has 0 atom stereocenters. The van der Waals surface area contributed by atoms with Crippen LogP contribution in [0.3, 0.4) is 0 Å². The van der Waals surface area contributed by atoms with Gasteiger partial charge >= 0.3 is 0 Å². The van der Waals surface area contributed by atoms with Crippen molar-refractivity contribution >= 4 is 26.5 Å². The van der Waals surface area contributed by atoms with Crippen LogP contribution in [0.2, 0.25) is 0 Å². The average Bonchev–Trinajstić information content (AvgIpc) is 2.68. The Morgan fingerprint density at radius 1 is 0.821 bits per heavy atom. The lowest BCUT2D eigenvalue weighted by molar-refractivity contribution is 0.557. The van der Waals surface area contributed by atoms with Gasteiger partial charge < -0.3 is 10.6 Å². The summed E-state index contributed by atoms with van der Waals surface area (Å²) in [4.78, 5) is 2.36. The zero-order valence-electron chi connectivity index (χ0n) is 17.3. The second kappa shape index (κ2) is 11.4. The van der Waals surface area contributed by atoms with Crippen LogP contribution in [-0.2, 0) is 10.0 Å². The zero-order valence-corrected chi connectivity index (χ0v) is 18.1. The number of fused-ring (bicyclic) bond motifs is 1. The molecule has 0 fully saturated rings. The fourth-order valence-electron chi connectivity index (χ4n) is 3.50. The minimum atomic E-state index is -3.52. The molecule has 0 radical (unpaired) electrons. The summed E-state index contributed by atoms with van der Waals surface area (Å²) in [5.74, 6) is 0. The van der Waals surface area contributed by atoms with Gasteiger partial charge in [-0.3, -0.25) is 0 Å². The maximum Gasteiger partial charge on any atom is 0.241 e. The summed E-state index contributed by atoms with van der Waals surface area (Å²) in [5, 5.41) is 1.71. The SMILES string of the molecule is CN(C)c1cccc2c(S(=O)(=O)NCCCCCCCCCCN)cccc12. The normalized spacial score (nSPS) is 11.8. The molecule has 6 heteroatoms. The van der Waals surface area contributed by atoms with E-state index in [0.29, 0.717) is 11.4 Å². The predicted octanol–water partition coefficient (Wildman–Crippen LogP) is 4.26. The number of nitrogens with zero attached hydrogens (tertiary/aromatic N) is 1. The van der Waals surface area contributed by atoms with Crippen molar-refractivity contribution < 1.29 is 8.42 Å². The summed E-state index contributed by atoms with van der Waals surface area (Å²) in [7, 11) is 0.412. The smallest absolute Gasteiger partial charge is 0.241 e. The highest BCUT2D eigenvalue weighted by atomic mass is 32.2. The Morgan fingerprint density at radius 2 is 1.39 bits per heavy atom. The first-order valence-electron chi connectivity index (χ1n) is 10.4. The van der Waals surface area contributed by atoms with Crippen LogP contribution in [-0.4, -0.2) is 35.6 Å². The highest BCUT2D eigenvalue weighted by molar-refractivity contribution is 7.89. The molecule has 156 valence electrons. The number of nitrogens with one attached hydrogen (secondary N) is 1. The molecular formula is C22H35N3O2S. The Hall–Kier alpha value is -1.63. The maximum absolute atomic E-state index is 12.8. The van der Waals surface area contributed by atoms with E-state index in [1.54, 1.807) is 6.07 Å². The van der Waals surface area contributed by atoms with Gasteiger partial charge in [0.25, 0.3) is 0 Å². The van der Waals surface area contributed by atoms with E-state index in [2.05, 4.69) is 4.72 Å². The molecule has 0 saturated carbocycles.